The van der Waals surface area contributed by atoms with Crippen molar-refractivity contribution in [2.75, 3.05) is 25.4 Å². The molecule has 0 aliphatic rings. The summed E-state index contributed by atoms with van der Waals surface area (Å²) in [6.07, 6.45) is 0. The highest BCUT2D eigenvalue weighted by molar-refractivity contribution is 9.10. The van der Waals surface area contributed by atoms with E-state index in [0.29, 0.717) is 37.7 Å². The molecule has 1 amide bonds. The molecule has 0 saturated heterocycles. The normalized spacial score (nSPS) is 10.6. The molecule has 0 atom stereocenters. The molecule has 3 aromatic rings. The maximum absolute atomic E-state index is 11.9. The van der Waals surface area contributed by atoms with Crippen LogP contribution in [-0.2, 0) is 13.2 Å². The average molecular weight is 535 g/mol. The summed E-state index contributed by atoms with van der Waals surface area (Å²) in [6.45, 7) is 3.90. The molecule has 180 valence electrons. The van der Waals surface area contributed by atoms with Crippen LogP contribution in [0.15, 0.2) is 45.5 Å². The fourth-order valence-corrected chi connectivity index (χ4v) is 3.36. The number of nitro groups is 1. The molecule has 12 nitrogen and oxygen atoms in total. The second-order valence-electron chi connectivity index (χ2n) is 6.97. The third kappa shape index (κ3) is 6.65. The largest absolute Gasteiger partial charge is 0.490 e. The number of nitrogens with one attached hydrogen (secondary N) is 2. The fraction of sp³-hybridized carbons (Fsp3) is 0.286. The summed E-state index contributed by atoms with van der Waals surface area (Å²) < 4.78 is 16.9. The van der Waals surface area contributed by atoms with Crippen LogP contribution in [-0.4, -0.2) is 40.8 Å². The second-order valence-corrected chi connectivity index (χ2v) is 7.82. The van der Waals surface area contributed by atoms with Crippen molar-refractivity contribution in [3.63, 3.8) is 0 Å². The van der Waals surface area contributed by atoms with Gasteiger partial charge in [-0.2, -0.15) is 0 Å². The lowest BCUT2D eigenvalue weighted by Crippen LogP contribution is -2.32. The van der Waals surface area contributed by atoms with Crippen LogP contribution in [0.4, 0.5) is 11.5 Å². The van der Waals surface area contributed by atoms with Crippen LogP contribution in [0, 0.1) is 10.1 Å². The molecule has 0 unspecified atom stereocenters. The Morgan fingerprint density at radius 3 is 2.56 bits per heavy atom. The lowest BCUT2D eigenvalue weighted by molar-refractivity contribution is -0.384. The summed E-state index contributed by atoms with van der Waals surface area (Å²) in [7, 11) is 0. The Labute approximate surface area is 203 Å². The Morgan fingerprint density at radius 2 is 1.91 bits per heavy atom. The van der Waals surface area contributed by atoms with Crippen LogP contribution >= 0.6 is 15.9 Å². The summed E-state index contributed by atoms with van der Waals surface area (Å²) in [5.41, 5.74) is 7.19. The topological polar surface area (TPSA) is 168 Å². The van der Waals surface area contributed by atoms with Crippen molar-refractivity contribution in [2.45, 2.75) is 20.1 Å². The number of carbonyl (C=O) groups is 1. The molecule has 34 heavy (non-hydrogen) atoms. The number of amides is 1. The lowest BCUT2D eigenvalue weighted by atomic mass is 10.2. The molecule has 0 radical (unpaired) electrons. The van der Waals surface area contributed by atoms with E-state index in [2.05, 4.69) is 41.5 Å². The fourth-order valence-electron chi connectivity index (χ4n) is 2.89. The van der Waals surface area contributed by atoms with E-state index in [-0.39, 0.29) is 23.8 Å². The Morgan fingerprint density at radius 1 is 1.18 bits per heavy atom. The monoisotopic (exact) mass is 534 g/mol. The first-order valence-corrected chi connectivity index (χ1v) is 11.1. The molecular formula is C21H23BrN6O6. The van der Waals surface area contributed by atoms with Gasteiger partial charge in [0.1, 0.15) is 6.61 Å². The number of nitro benzene ring substituents is 1. The number of non-ortho nitro benzene ring substituents is 1. The number of anilines is 1. The number of hydrogen-bond acceptors (Lipinski definition) is 10. The van der Waals surface area contributed by atoms with E-state index in [1.807, 2.05) is 19.1 Å². The number of nitrogen functional groups attached to an aromatic ring is 1. The molecule has 3 rings (SSSR count). The summed E-state index contributed by atoms with van der Waals surface area (Å²) >= 11 is 3.55. The third-order valence-corrected chi connectivity index (χ3v) is 5.32. The van der Waals surface area contributed by atoms with Gasteiger partial charge in [0.05, 0.1) is 11.5 Å². The highest BCUT2D eigenvalue weighted by atomic mass is 79.9. The first kappa shape index (κ1) is 24.9. The molecule has 0 bridgehead atoms. The van der Waals surface area contributed by atoms with Gasteiger partial charge >= 0.3 is 0 Å². The van der Waals surface area contributed by atoms with E-state index in [4.69, 9.17) is 15.2 Å². The predicted molar refractivity (Wildman–Crippen MR) is 125 cm³/mol. The molecule has 2 aromatic carbocycles. The molecule has 0 spiro atoms. The number of aromatic nitrogens is 2. The van der Waals surface area contributed by atoms with Crippen molar-refractivity contribution in [1.29, 1.82) is 0 Å². The van der Waals surface area contributed by atoms with Crippen molar-refractivity contribution >= 4 is 33.3 Å². The number of nitrogens with two attached hydrogens (primary N) is 1. The number of ether oxygens (including phenoxy) is 2. The molecule has 1 aromatic heterocycles. The van der Waals surface area contributed by atoms with Gasteiger partial charge in [0.25, 0.3) is 11.6 Å². The van der Waals surface area contributed by atoms with E-state index in [0.717, 1.165) is 15.6 Å². The summed E-state index contributed by atoms with van der Waals surface area (Å²) in [4.78, 5) is 22.3. The first-order chi connectivity index (χ1) is 16.4. The lowest BCUT2D eigenvalue weighted by Gasteiger charge is -2.15. The van der Waals surface area contributed by atoms with E-state index < -0.39 is 10.8 Å². The molecule has 0 aliphatic carbocycles. The van der Waals surface area contributed by atoms with Crippen LogP contribution in [0.25, 0.3) is 0 Å². The van der Waals surface area contributed by atoms with Gasteiger partial charge in [-0.05, 0) is 52.6 Å². The van der Waals surface area contributed by atoms with Crippen molar-refractivity contribution in [3.05, 3.63) is 67.8 Å². The van der Waals surface area contributed by atoms with Gasteiger partial charge in [0.15, 0.2) is 11.5 Å². The van der Waals surface area contributed by atoms with Gasteiger partial charge in [0, 0.05) is 36.2 Å². The Hall–Kier alpha value is -3.71. The zero-order valence-corrected chi connectivity index (χ0v) is 19.8. The van der Waals surface area contributed by atoms with Crippen LogP contribution in [0.1, 0.15) is 28.5 Å². The van der Waals surface area contributed by atoms with Crippen molar-refractivity contribution in [3.8, 4) is 11.5 Å². The maximum Gasteiger partial charge on any atom is 0.277 e. The molecule has 13 heteroatoms. The Kier molecular flexibility index (Phi) is 8.76. The van der Waals surface area contributed by atoms with Gasteiger partial charge in [-0.3, -0.25) is 14.9 Å². The van der Waals surface area contributed by atoms with E-state index in [9.17, 15) is 14.9 Å². The minimum absolute atomic E-state index is 0.0252. The molecule has 4 N–H and O–H groups in total. The van der Waals surface area contributed by atoms with Crippen LogP contribution in [0.5, 0.6) is 11.5 Å². The predicted octanol–water partition coefficient (Wildman–Crippen LogP) is 2.82. The van der Waals surface area contributed by atoms with Gasteiger partial charge in [-0.25, -0.2) is 4.63 Å². The number of rotatable bonds is 12. The van der Waals surface area contributed by atoms with E-state index in [1.54, 1.807) is 12.1 Å². The molecule has 1 heterocycles. The zero-order valence-electron chi connectivity index (χ0n) is 18.2. The molecular weight excluding hydrogens is 512 g/mol. The quantitative estimate of drug-likeness (QED) is 0.178. The van der Waals surface area contributed by atoms with Crippen molar-refractivity contribution in [2.24, 2.45) is 0 Å². The highest BCUT2D eigenvalue weighted by Crippen LogP contribution is 2.34. The van der Waals surface area contributed by atoms with Gasteiger partial charge < -0.3 is 25.8 Å². The van der Waals surface area contributed by atoms with Gasteiger partial charge in [-0.15, -0.1) is 0 Å². The minimum atomic E-state index is -0.463. The number of hydrogen-bond donors (Lipinski definition) is 3. The van der Waals surface area contributed by atoms with Crippen LogP contribution in [0.2, 0.25) is 0 Å². The second kappa shape index (κ2) is 12.0. The number of benzene rings is 2. The smallest absolute Gasteiger partial charge is 0.277 e. The standard InChI is InChI=1S/C21H23BrN6O6/c1-2-32-17-9-14(11-24-7-8-25-21(29)19-20(23)27-34-26-19)16(22)10-18(17)33-12-13-3-5-15(6-4-13)28(30)31/h3-6,9-10,24H,2,7-8,11-12H2,1H3,(H2,23,27)(H,25,29). The summed E-state index contributed by atoms with van der Waals surface area (Å²) in [5.74, 6) is 0.595. The van der Waals surface area contributed by atoms with Crippen molar-refractivity contribution < 1.29 is 23.8 Å². The van der Waals surface area contributed by atoms with Crippen LogP contribution in [0.3, 0.4) is 0 Å². The number of carbonyl (C=O) groups excluding carboxylic acids is 1. The first-order valence-electron chi connectivity index (χ1n) is 10.3. The Balaban J connectivity index is 1.54. The summed E-state index contributed by atoms with van der Waals surface area (Å²) in [6, 6.07) is 9.86. The van der Waals surface area contributed by atoms with Gasteiger partial charge in [-0.1, -0.05) is 15.9 Å². The molecule has 0 fully saturated rings. The molecule has 0 saturated carbocycles. The zero-order chi connectivity index (χ0) is 24.5. The van der Waals surface area contributed by atoms with E-state index >= 15 is 0 Å². The van der Waals surface area contributed by atoms with E-state index in [1.165, 1.54) is 12.1 Å². The SMILES string of the molecule is CCOc1cc(CNCCNC(=O)c2nonc2N)c(Br)cc1OCc1ccc([N+](=O)[O-])cc1. The summed E-state index contributed by atoms with van der Waals surface area (Å²) in [5, 5.41) is 23.5. The maximum atomic E-state index is 11.9. The highest BCUT2D eigenvalue weighted by Gasteiger charge is 2.15. The molecule has 0 aliphatic heterocycles. The van der Waals surface area contributed by atoms with Gasteiger partial charge in [0.2, 0.25) is 11.5 Å². The Bertz CT molecular complexity index is 1140. The number of nitrogens with zero attached hydrogens (tertiary/aromatic N) is 3. The van der Waals surface area contributed by atoms with Crippen molar-refractivity contribution in [1.82, 2.24) is 20.9 Å². The van der Waals surface area contributed by atoms with Crippen LogP contribution < -0.4 is 25.8 Å². The third-order valence-electron chi connectivity index (χ3n) is 4.59. The minimum Gasteiger partial charge on any atom is -0.490 e. The number of halogens is 1. The average Bonchev–Trinajstić information content (AvgIpc) is 3.25.